The molecule has 0 unspecified atom stereocenters. The number of thiol groups is 1. The van der Waals surface area contributed by atoms with Gasteiger partial charge in [0, 0.05) is 0 Å². The number of hydrogen-bond donors (Lipinski definition) is 1. The Kier molecular flexibility index (Phi) is 2.94. The SMILES string of the molecule is C=C/C=c1/c(=O)occ/c1=C/S. The van der Waals surface area contributed by atoms with Gasteiger partial charge in [-0.25, -0.2) is 4.79 Å². The molecular weight excluding hydrogens is 172 g/mol. The molecule has 1 heterocycles. The quantitative estimate of drug-likeness (QED) is 0.629. The fraction of sp³-hybridized carbons (Fsp3) is 0. The lowest BCUT2D eigenvalue weighted by atomic mass is 10.3. The van der Waals surface area contributed by atoms with Crippen LogP contribution in [0.1, 0.15) is 0 Å². The van der Waals surface area contributed by atoms with Gasteiger partial charge in [-0.15, -0.1) is 0 Å². The molecule has 1 rings (SSSR count). The lowest BCUT2D eigenvalue weighted by Crippen LogP contribution is -2.37. The molecule has 2 nitrogen and oxygen atoms in total. The van der Waals surface area contributed by atoms with E-state index in [-0.39, 0.29) is 5.63 Å². The van der Waals surface area contributed by atoms with Crippen LogP contribution in [0.4, 0.5) is 0 Å². The first kappa shape index (κ1) is 8.87. The van der Waals surface area contributed by atoms with Crippen molar-refractivity contribution in [2.45, 2.75) is 0 Å². The maximum absolute atomic E-state index is 11.1. The molecule has 0 saturated heterocycles. The average Bonchev–Trinajstić information content (AvgIpc) is 2.09. The van der Waals surface area contributed by atoms with Crippen molar-refractivity contribution in [3.05, 3.63) is 45.8 Å². The van der Waals surface area contributed by atoms with Crippen LogP contribution in [0.5, 0.6) is 0 Å². The van der Waals surface area contributed by atoms with Gasteiger partial charge in [-0.2, -0.15) is 12.6 Å². The maximum atomic E-state index is 11.1. The fourth-order valence-electron chi connectivity index (χ4n) is 0.835. The van der Waals surface area contributed by atoms with E-state index in [4.69, 9.17) is 0 Å². The molecule has 62 valence electrons. The molecular formula is C9H8O2S. The van der Waals surface area contributed by atoms with E-state index in [0.29, 0.717) is 5.22 Å². The molecule has 0 bridgehead atoms. The summed E-state index contributed by atoms with van der Waals surface area (Å²) >= 11 is 3.96. The molecule has 1 aromatic heterocycles. The summed E-state index contributed by atoms with van der Waals surface area (Å²) in [6, 6.07) is 1.67. The van der Waals surface area contributed by atoms with E-state index in [9.17, 15) is 4.79 Å². The van der Waals surface area contributed by atoms with Gasteiger partial charge in [-0.3, -0.25) is 0 Å². The van der Waals surface area contributed by atoms with Gasteiger partial charge in [0.05, 0.1) is 11.5 Å². The Morgan fingerprint density at radius 2 is 2.33 bits per heavy atom. The fourth-order valence-corrected chi connectivity index (χ4v) is 1.06. The topological polar surface area (TPSA) is 30.2 Å². The molecule has 0 spiro atoms. The normalized spacial score (nSPS) is 13.4. The van der Waals surface area contributed by atoms with Gasteiger partial charge in [0.1, 0.15) is 0 Å². The van der Waals surface area contributed by atoms with Crippen LogP contribution in [0.25, 0.3) is 11.5 Å². The predicted molar refractivity (Wildman–Crippen MR) is 52.3 cm³/mol. The molecule has 0 aromatic carbocycles. The molecule has 1 aromatic rings. The zero-order valence-electron chi connectivity index (χ0n) is 6.36. The molecule has 12 heavy (non-hydrogen) atoms. The third-order valence-corrected chi connectivity index (χ3v) is 1.66. The van der Waals surface area contributed by atoms with Crippen LogP contribution < -0.4 is 16.1 Å². The highest BCUT2D eigenvalue weighted by Gasteiger charge is 1.89. The highest BCUT2D eigenvalue weighted by atomic mass is 32.1. The second-order valence-corrected chi connectivity index (χ2v) is 2.37. The van der Waals surface area contributed by atoms with Gasteiger partial charge in [-0.05, 0) is 22.8 Å². The minimum absolute atomic E-state index is 0.377. The van der Waals surface area contributed by atoms with E-state index < -0.39 is 0 Å². The van der Waals surface area contributed by atoms with Crippen molar-refractivity contribution < 1.29 is 4.42 Å². The summed E-state index contributed by atoms with van der Waals surface area (Å²) in [5, 5.41) is 2.75. The van der Waals surface area contributed by atoms with E-state index in [1.807, 2.05) is 0 Å². The van der Waals surface area contributed by atoms with Crippen LogP contribution in [0.2, 0.25) is 0 Å². The highest BCUT2D eigenvalue weighted by molar-refractivity contribution is 7.88. The van der Waals surface area contributed by atoms with Crippen LogP contribution in [-0.4, -0.2) is 0 Å². The maximum Gasteiger partial charge on any atom is 0.343 e. The second kappa shape index (κ2) is 3.97. The monoisotopic (exact) mass is 180 g/mol. The van der Waals surface area contributed by atoms with Crippen molar-refractivity contribution in [3.8, 4) is 0 Å². The van der Waals surface area contributed by atoms with Gasteiger partial charge in [0.2, 0.25) is 0 Å². The summed E-state index contributed by atoms with van der Waals surface area (Å²) in [5.74, 6) is 0. The smallest absolute Gasteiger partial charge is 0.343 e. The number of hydrogen-bond acceptors (Lipinski definition) is 3. The minimum atomic E-state index is -0.377. The van der Waals surface area contributed by atoms with Gasteiger partial charge in [-0.1, -0.05) is 12.7 Å². The summed E-state index contributed by atoms with van der Waals surface area (Å²) in [4.78, 5) is 11.1. The van der Waals surface area contributed by atoms with E-state index >= 15 is 0 Å². The third kappa shape index (κ3) is 1.68. The Balaban J connectivity index is 3.76. The van der Waals surface area contributed by atoms with E-state index in [2.05, 4.69) is 23.6 Å². The Morgan fingerprint density at radius 3 is 2.92 bits per heavy atom. The first-order valence-electron chi connectivity index (χ1n) is 3.34. The van der Waals surface area contributed by atoms with Crippen molar-refractivity contribution in [1.29, 1.82) is 0 Å². The lowest BCUT2D eigenvalue weighted by Gasteiger charge is -1.84. The summed E-state index contributed by atoms with van der Waals surface area (Å²) in [5.41, 5.74) is -0.377. The minimum Gasteiger partial charge on any atom is -0.431 e. The van der Waals surface area contributed by atoms with Crippen LogP contribution in [-0.2, 0) is 0 Å². The third-order valence-electron chi connectivity index (χ3n) is 1.38. The Labute approximate surface area is 74.9 Å². The standard InChI is InChI=1S/C9H8O2S/c1-2-3-8-7(6-12)4-5-11-9(8)10/h2-6,12H,1H2/b7-6-,8-3+. The molecule has 0 fully saturated rings. The van der Waals surface area contributed by atoms with Crippen molar-refractivity contribution in [3.63, 3.8) is 0 Å². The van der Waals surface area contributed by atoms with Crippen molar-refractivity contribution in [2.75, 3.05) is 0 Å². The Morgan fingerprint density at radius 1 is 1.58 bits per heavy atom. The van der Waals surface area contributed by atoms with E-state index in [1.165, 1.54) is 12.3 Å². The molecule has 0 aliphatic heterocycles. The summed E-state index contributed by atoms with van der Waals surface area (Å²) in [7, 11) is 0. The zero-order chi connectivity index (χ0) is 8.97. The largest absolute Gasteiger partial charge is 0.431 e. The predicted octanol–water partition coefficient (Wildman–Crippen LogP) is 0.274. The summed E-state index contributed by atoms with van der Waals surface area (Å²) in [6.45, 7) is 3.50. The molecule has 0 saturated carbocycles. The molecule has 0 radical (unpaired) electrons. The molecule has 0 amide bonds. The molecule has 0 aliphatic carbocycles. The Bertz CT molecular complexity index is 442. The van der Waals surface area contributed by atoms with Crippen molar-refractivity contribution in [1.82, 2.24) is 0 Å². The van der Waals surface area contributed by atoms with Gasteiger partial charge in [0.25, 0.3) is 0 Å². The summed E-state index contributed by atoms with van der Waals surface area (Å²) < 4.78 is 4.66. The first-order valence-corrected chi connectivity index (χ1v) is 3.86. The van der Waals surface area contributed by atoms with Crippen molar-refractivity contribution in [2.24, 2.45) is 0 Å². The molecule has 3 heteroatoms. The zero-order valence-corrected chi connectivity index (χ0v) is 7.25. The Hall–Kier alpha value is -1.22. The van der Waals surface area contributed by atoms with Gasteiger partial charge >= 0.3 is 5.63 Å². The first-order chi connectivity index (χ1) is 5.79. The molecule has 0 atom stereocenters. The number of allylic oxidation sites excluding steroid dienone is 1. The van der Waals surface area contributed by atoms with Gasteiger partial charge in [0.15, 0.2) is 0 Å². The summed E-state index contributed by atoms with van der Waals surface area (Å²) in [6.07, 6.45) is 4.46. The second-order valence-electron chi connectivity index (χ2n) is 2.11. The van der Waals surface area contributed by atoms with Crippen LogP contribution >= 0.6 is 12.6 Å². The van der Waals surface area contributed by atoms with Crippen LogP contribution in [0, 0.1) is 0 Å². The van der Waals surface area contributed by atoms with E-state index in [1.54, 1.807) is 17.6 Å². The van der Waals surface area contributed by atoms with E-state index in [0.717, 1.165) is 5.22 Å². The van der Waals surface area contributed by atoms with Gasteiger partial charge < -0.3 is 4.42 Å². The highest BCUT2D eigenvalue weighted by Crippen LogP contribution is 1.71. The molecule has 0 aliphatic rings. The van der Waals surface area contributed by atoms with Crippen LogP contribution in [0.3, 0.4) is 0 Å². The lowest BCUT2D eigenvalue weighted by molar-refractivity contribution is 0.503. The van der Waals surface area contributed by atoms with Crippen LogP contribution in [0.15, 0.2) is 34.2 Å². The van der Waals surface area contributed by atoms with Crippen molar-refractivity contribution >= 4 is 24.1 Å². The molecule has 0 N–H and O–H groups in total. The average molecular weight is 180 g/mol. The number of rotatable bonds is 1.